The number of likely N-dealkylation sites (N-methyl/N-ethyl adjacent to an activating group) is 1. The molecule has 2 heterocycles. The number of amides is 1. The van der Waals surface area contributed by atoms with E-state index >= 15 is 0 Å². The van der Waals surface area contributed by atoms with Crippen molar-refractivity contribution in [1.82, 2.24) is 14.7 Å². The van der Waals surface area contributed by atoms with Crippen molar-refractivity contribution in [2.75, 3.05) is 50.8 Å². The molecule has 1 aromatic rings. The van der Waals surface area contributed by atoms with Crippen LogP contribution in [0.15, 0.2) is 24.3 Å². The summed E-state index contributed by atoms with van der Waals surface area (Å²) in [5.41, 5.74) is 1.20. The van der Waals surface area contributed by atoms with Crippen molar-refractivity contribution in [2.24, 2.45) is 0 Å². The van der Waals surface area contributed by atoms with Gasteiger partial charge in [-0.3, -0.25) is 14.6 Å². The summed E-state index contributed by atoms with van der Waals surface area (Å²) in [7, 11) is -2.98. The molecule has 1 aromatic carbocycles. The fourth-order valence-electron chi connectivity index (χ4n) is 3.94. The number of hydrogen-bond acceptors (Lipinski definition) is 5. The van der Waals surface area contributed by atoms with Gasteiger partial charge in [-0.05, 0) is 31.0 Å². The second-order valence-corrected chi connectivity index (χ2v) is 10.1. The molecule has 2 saturated heterocycles. The minimum atomic E-state index is -2.98. The first-order valence-corrected chi connectivity index (χ1v) is 11.8. The highest BCUT2D eigenvalue weighted by Crippen LogP contribution is 2.18. The van der Waals surface area contributed by atoms with E-state index in [4.69, 9.17) is 11.6 Å². The third-order valence-corrected chi connectivity index (χ3v) is 7.41. The summed E-state index contributed by atoms with van der Waals surface area (Å²) >= 11 is 6.05. The van der Waals surface area contributed by atoms with Gasteiger partial charge >= 0.3 is 0 Å². The molecule has 3 rings (SSSR count). The molecule has 2 aliphatic heterocycles. The Labute approximate surface area is 167 Å². The molecule has 0 bridgehead atoms. The summed E-state index contributed by atoms with van der Waals surface area (Å²) in [6.07, 6.45) is 0.565. The number of nitrogens with zero attached hydrogens (tertiary/aromatic N) is 3. The molecule has 1 amide bonds. The maximum Gasteiger partial charge on any atom is 0.237 e. The Bertz CT molecular complexity index is 763. The maximum atomic E-state index is 12.7. The summed E-state index contributed by atoms with van der Waals surface area (Å²) < 4.78 is 23.4. The van der Waals surface area contributed by atoms with Gasteiger partial charge in [0.1, 0.15) is 0 Å². The molecule has 0 N–H and O–H groups in total. The van der Waals surface area contributed by atoms with Gasteiger partial charge in [-0.1, -0.05) is 23.7 Å². The van der Waals surface area contributed by atoms with Crippen molar-refractivity contribution in [2.45, 2.75) is 25.9 Å². The SMILES string of the molecule is CCN(C(=O)CN1CCN(Cc2cccc(Cl)c2)CC1)C1CCS(=O)(=O)C1. The highest BCUT2D eigenvalue weighted by molar-refractivity contribution is 7.91. The average molecular weight is 414 g/mol. The molecule has 2 aliphatic rings. The Morgan fingerprint density at radius 3 is 2.52 bits per heavy atom. The zero-order valence-electron chi connectivity index (χ0n) is 15.8. The van der Waals surface area contributed by atoms with E-state index in [1.54, 1.807) is 4.90 Å². The van der Waals surface area contributed by atoms with Crippen LogP contribution in [0.3, 0.4) is 0 Å². The van der Waals surface area contributed by atoms with Crippen LogP contribution in [0, 0.1) is 0 Å². The van der Waals surface area contributed by atoms with Crippen LogP contribution in [0.4, 0.5) is 0 Å². The molecule has 150 valence electrons. The third kappa shape index (κ3) is 5.67. The molecule has 0 radical (unpaired) electrons. The van der Waals surface area contributed by atoms with E-state index < -0.39 is 9.84 Å². The van der Waals surface area contributed by atoms with Gasteiger partial charge in [0.25, 0.3) is 0 Å². The molecular formula is C19H28ClN3O3S. The third-order valence-electron chi connectivity index (χ3n) is 5.43. The van der Waals surface area contributed by atoms with Crippen molar-refractivity contribution in [3.8, 4) is 0 Å². The molecule has 0 saturated carbocycles. The molecule has 1 atom stereocenters. The lowest BCUT2D eigenvalue weighted by Gasteiger charge is -2.36. The van der Waals surface area contributed by atoms with Crippen molar-refractivity contribution in [3.05, 3.63) is 34.9 Å². The lowest BCUT2D eigenvalue weighted by atomic mass is 10.2. The van der Waals surface area contributed by atoms with E-state index in [0.717, 1.165) is 37.7 Å². The van der Waals surface area contributed by atoms with Crippen LogP contribution >= 0.6 is 11.6 Å². The van der Waals surface area contributed by atoms with Crippen molar-refractivity contribution in [1.29, 1.82) is 0 Å². The molecule has 27 heavy (non-hydrogen) atoms. The van der Waals surface area contributed by atoms with E-state index in [-0.39, 0.29) is 23.5 Å². The Morgan fingerprint density at radius 1 is 1.22 bits per heavy atom. The van der Waals surface area contributed by atoms with E-state index in [9.17, 15) is 13.2 Å². The first-order valence-electron chi connectivity index (χ1n) is 9.55. The second-order valence-electron chi connectivity index (χ2n) is 7.42. The molecule has 6 nitrogen and oxygen atoms in total. The molecular weight excluding hydrogens is 386 g/mol. The van der Waals surface area contributed by atoms with Gasteiger partial charge in [-0.15, -0.1) is 0 Å². The Kier molecular flexibility index (Phi) is 6.78. The highest BCUT2D eigenvalue weighted by atomic mass is 35.5. The number of halogens is 1. The second kappa shape index (κ2) is 8.90. The molecule has 8 heteroatoms. The topological polar surface area (TPSA) is 60.9 Å². The standard InChI is InChI=1S/C19H28ClN3O3S/c1-2-23(18-6-11-27(25,26)15-18)19(24)14-22-9-7-21(8-10-22)13-16-4-3-5-17(20)12-16/h3-5,12,18H,2,6-11,13-15H2,1H3. The summed E-state index contributed by atoms with van der Waals surface area (Å²) in [4.78, 5) is 19.0. The van der Waals surface area contributed by atoms with Gasteiger partial charge in [0.2, 0.25) is 5.91 Å². The number of carbonyl (C=O) groups is 1. The minimum absolute atomic E-state index is 0.0443. The van der Waals surface area contributed by atoms with E-state index in [2.05, 4.69) is 15.9 Å². The van der Waals surface area contributed by atoms with Crippen molar-refractivity contribution < 1.29 is 13.2 Å². The summed E-state index contributed by atoms with van der Waals surface area (Å²) in [6.45, 7) is 7.21. The van der Waals surface area contributed by atoms with Crippen molar-refractivity contribution >= 4 is 27.3 Å². The van der Waals surface area contributed by atoms with Gasteiger partial charge in [-0.25, -0.2) is 8.42 Å². The normalized spacial score (nSPS) is 23.4. The van der Waals surface area contributed by atoms with Crippen LogP contribution in [-0.4, -0.2) is 85.8 Å². The quantitative estimate of drug-likeness (QED) is 0.707. The van der Waals surface area contributed by atoms with E-state index in [1.807, 2.05) is 25.1 Å². The minimum Gasteiger partial charge on any atom is -0.338 e. The van der Waals surface area contributed by atoms with E-state index in [0.29, 0.717) is 19.5 Å². The van der Waals surface area contributed by atoms with Gasteiger partial charge in [0.15, 0.2) is 9.84 Å². The lowest BCUT2D eigenvalue weighted by molar-refractivity contribution is -0.134. The highest BCUT2D eigenvalue weighted by Gasteiger charge is 2.34. The van der Waals surface area contributed by atoms with E-state index in [1.165, 1.54) is 5.56 Å². The molecule has 0 aromatic heterocycles. The Hall–Kier alpha value is -1.15. The van der Waals surface area contributed by atoms with Gasteiger partial charge in [0, 0.05) is 50.3 Å². The van der Waals surface area contributed by atoms with Gasteiger partial charge in [-0.2, -0.15) is 0 Å². The maximum absolute atomic E-state index is 12.7. The molecule has 0 aliphatic carbocycles. The number of rotatable bonds is 6. The summed E-state index contributed by atoms with van der Waals surface area (Å²) in [6, 6.07) is 7.76. The average Bonchev–Trinajstić information content (AvgIpc) is 2.97. The first-order chi connectivity index (χ1) is 12.9. The van der Waals surface area contributed by atoms with Gasteiger partial charge < -0.3 is 4.90 Å². The van der Waals surface area contributed by atoms with Crippen LogP contribution in [0.2, 0.25) is 5.02 Å². The summed E-state index contributed by atoms with van der Waals surface area (Å²) in [5, 5.41) is 0.755. The zero-order valence-corrected chi connectivity index (χ0v) is 17.4. The van der Waals surface area contributed by atoms with Crippen LogP contribution in [0.25, 0.3) is 0 Å². The summed E-state index contributed by atoms with van der Waals surface area (Å²) in [5.74, 6) is 0.353. The monoisotopic (exact) mass is 413 g/mol. The largest absolute Gasteiger partial charge is 0.338 e. The van der Waals surface area contributed by atoms with Crippen LogP contribution in [-0.2, 0) is 21.2 Å². The Balaban J connectivity index is 1.47. The lowest BCUT2D eigenvalue weighted by Crippen LogP contribution is -2.51. The molecule has 2 fully saturated rings. The number of piperazine rings is 1. The predicted octanol–water partition coefficient (Wildman–Crippen LogP) is 1.49. The fraction of sp³-hybridized carbons (Fsp3) is 0.632. The smallest absolute Gasteiger partial charge is 0.237 e. The fourth-order valence-corrected chi connectivity index (χ4v) is 5.88. The van der Waals surface area contributed by atoms with Crippen LogP contribution < -0.4 is 0 Å². The number of hydrogen-bond donors (Lipinski definition) is 0. The molecule has 1 unspecified atom stereocenters. The van der Waals surface area contributed by atoms with Crippen molar-refractivity contribution in [3.63, 3.8) is 0 Å². The predicted molar refractivity (Wildman–Crippen MR) is 108 cm³/mol. The number of carbonyl (C=O) groups excluding carboxylic acids is 1. The van der Waals surface area contributed by atoms with Crippen LogP contribution in [0.1, 0.15) is 18.9 Å². The first kappa shape index (κ1) is 20.6. The number of benzene rings is 1. The zero-order chi connectivity index (χ0) is 19.4. The number of sulfone groups is 1. The molecule has 0 spiro atoms. The van der Waals surface area contributed by atoms with Gasteiger partial charge in [0.05, 0.1) is 18.1 Å². The Morgan fingerprint density at radius 2 is 1.93 bits per heavy atom. The van der Waals surface area contributed by atoms with Crippen LogP contribution in [0.5, 0.6) is 0 Å².